The number of aryl methyl sites for hydroxylation is 2. The first-order valence-electron chi connectivity index (χ1n) is 8.84. The fraction of sp³-hybridized carbons (Fsp3) is 0.300. The van der Waals surface area contributed by atoms with Gasteiger partial charge in [0.25, 0.3) is 0 Å². The number of hydrogen-bond donors (Lipinski definition) is 2. The summed E-state index contributed by atoms with van der Waals surface area (Å²) >= 11 is 0. The zero-order valence-electron chi connectivity index (χ0n) is 15.9. The van der Waals surface area contributed by atoms with E-state index in [0.717, 1.165) is 35.0 Å². The molecule has 0 saturated heterocycles. The summed E-state index contributed by atoms with van der Waals surface area (Å²) in [4.78, 5) is 8.66. The molecule has 4 rings (SSSR count). The largest absolute Gasteiger partial charge is 0.497 e. The van der Waals surface area contributed by atoms with E-state index in [2.05, 4.69) is 21.5 Å². The minimum atomic E-state index is 0.173. The normalized spacial score (nSPS) is 10.8. The average Bonchev–Trinajstić information content (AvgIpc) is 3.21. The Morgan fingerprint density at radius 1 is 1.00 bits per heavy atom. The van der Waals surface area contributed by atoms with E-state index >= 15 is 0 Å². The maximum Gasteiger partial charge on any atom is 0.140 e. The van der Waals surface area contributed by atoms with Crippen molar-refractivity contribution in [1.82, 2.24) is 24.1 Å². The van der Waals surface area contributed by atoms with Crippen LogP contribution in [0.15, 0.2) is 49.1 Å². The quantitative estimate of drug-likeness (QED) is 0.530. The van der Waals surface area contributed by atoms with Crippen molar-refractivity contribution in [1.29, 1.82) is 0 Å². The summed E-state index contributed by atoms with van der Waals surface area (Å²) in [5.41, 5.74) is 5.12. The molecule has 0 unspecified atom stereocenters. The van der Waals surface area contributed by atoms with Gasteiger partial charge in [0.2, 0.25) is 0 Å². The van der Waals surface area contributed by atoms with Crippen LogP contribution in [0.3, 0.4) is 0 Å². The number of aliphatic hydroxyl groups is 1. The maximum atomic E-state index is 8.64. The summed E-state index contributed by atoms with van der Waals surface area (Å²) in [7, 11) is 1.65. The lowest BCUT2D eigenvalue weighted by molar-refractivity contribution is 0.292. The fourth-order valence-corrected chi connectivity index (χ4v) is 2.80. The van der Waals surface area contributed by atoms with Gasteiger partial charge in [0.05, 0.1) is 25.1 Å². The van der Waals surface area contributed by atoms with Crippen molar-refractivity contribution in [2.45, 2.75) is 20.4 Å². The van der Waals surface area contributed by atoms with Crippen molar-refractivity contribution < 1.29 is 9.84 Å². The summed E-state index contributed by atoms with van der Waals surface area (Å²) in [5, 5.41) is 11.8. The van der Waals surface area contributed by atoms with E-state index in [4.69, 9.17) is 9.84 Å². The molecule has 4 aromatic heterocycles. The first-order chi connectivity index (χ1) is 13.1. The average molecular weight is 367 g/mol. The van der Waals surface area contributed by atoms with Gasteiger partial charge in [0, 0.05) is 43.9 Å². The van der Waals surface area contributed by atoms with Crippen LogP contribution in [0.25, 0.3) is 11.3 Å². The molecule has 4 aromatic rings. The van der Waals surface area contributed by atoms with E-state index in [9.17, 15) is 0 Å². The smallest absolute Gasteiger partial charge is 0.140 e. The summed E-state index contributed by atoms with van der Waals surface area (Å²) in [6.07, 6.45) is 7.98. The topological polar surface area (TPSA) is 76.1 Å². The van der Waals surface area contributed by atoms with Crippen LogP contribution in [0.1, 0.15) is 17.0 Å². The van der Waals surface area contributed by atoms with Gasteiger partial charge in [0.1, 0.15) is 17.0 Å². The first-order valence-corrected chi connectivity index (χ1v) is 8.84. The van der Waals surface area contributed by atoms with E-state index in [0.29, 0.717) is 6.54 Å². The summed E-state index contributed by atoms with van der Waals surface area (Å²) in [6.45, 7) is 5.53. The lowest BCUT2D eigenvalue weighted by atomic mass is 10.3. The minimum absolute atomic E-state index is 0.173. The van der Waals surface area contributed by atoms with Gasteiger partial charge in [-0.25, -0.2) is 9.97 Å². The SMILES string of the molecule is COc1ccn2cc(C)nc2c1.Cc1cn2cc(CNCCO)ccc2n1. The molecule has 142 valence electrons. The first kappa shape index (κ1) is 18.9. The van der Waals surface area contributed by atoms with Crippen molar-refractivity contribution in [3.8, 4) is 5.75 Å². The Morgan fingerprint density at radius 3 is 2.48 bits per heavy atom. The molecule has 0 aliphatic carbocycles. The molecule has 0 bridgehead atoms. The van der Waals surface area contributed by atoms with Gasteiger partial charge in [-0.05, 0) is 31.5 Å². The Labute approximate surface area is 158 Å². The van der Waals surface area contributed by atoms with Crippen molar-refractivity contribution >= 4 is 11.3 Å². The molecule has 0 aliphatic heterocycles. The van der Waals surface area contributed by atoms with Gasteiger partial charge >= 0.3 is 0 Å². The third-order valence-corrected chi connectivity index (χ3v) is 4.04. The Kier molecular flexibility index (Phi) is 6.05. The highest BCUT2D eigenvalue weighted by Gasteiger charge is 1.99. The molecule has 0 saturated carbocycles. The van der Waals surface area contributed by atoms with Crippen molar-refractivity contribution in [3.63, 3.8) is 0 Å². The van der Waals surface area contributed by atoms with Crippen LogP contribution in [0.4, 0.5) is 0 Å². The molecule has 7 heteroatoms. The molecule has 0 aromatic carbocycles. The number of aromatic nitrogens is 4. The van der Waals surface area contributed by atoms with Gasteiger partial charge in [0.15, 0.2) is 0 Å². The van der Waals surface area contributed by atoms with Gasteiger partial charge in [-0.3, -0.25) is 0 Å². The number of fused-ring (bicyclic) bond motifs is 2. The van der Waals surface area contributed by atoms with Crippen LogP contribution in [0, 0.1) is 13.8 Å². The minimum Gasteiger partial charge on any atom is -0.497 e. The number of imidazole rings is 2. The second-order valence-corrected chi connectivity index (χ2v) is 6.30. The van der Waals surface area contributed by atoms with Gasteiger partial charge in [-0.2, -0.15) is 0 Å². The molecule has 0 amide bonds. The number of aliphatic hydroxyl groups excluding tert-OH is 1. The van der Waals surface area contributed by atoms with E-state index in [1.54, 1.807) is 7.11 Å². The van der Waals surface area contributed by atoms with Crippen LogP contribution < -0.4 is 10.1 Å². The third kappa shape index (κ3) is 4.84. The summed E-state index contributed by atoms with van der Waals surface area (Å²) < 4.78 is 9.07. The van der Waals surface area contributed by atoms with Crippen molar-refractivity contribution in [3.05, 3.63) is 66.0 Å². The monoisotopic (exact) mass is 367 g/mol. The predicted octanol–water partition coefficient (Wildman–Crippen LogP) is 2.38. The highest BCUT2D eigenvalue weighted by atomic mass is 16.5. The number of ether oxygens (including phenoxy) is 1. The van der Waals surface area contributed by atoms with E-state index < -0.39 is 0 Å². The van der Waals surface area contributed by atoms with Gasteiger partial charge < -0.3 is 24.0 Å². The highest BCUT2D eigenvalue weighted by Crippen LogP contribution is 2.13. The molecule has 27 heavy (non-hydrogen) atoms. The molecule has 2 N–H and O–H groups in total. The van der Waals surface area contributed by atoms with Gasteiger partial charge in [-0.1, -0.05) is 6.07 Å². The second kappa shape index (κ2) is 8.66. The molecule has 4 heterocycles. The zero-order chi connectivity index (χ0) is 19.2. The lowest BCUT2D eigenvalue weighted by Crippen LogP contribution is -2.17. The van der Waals surface area contributed by atoms with Crippen LogP contribution in [-0.4, -0.2) is 44.1 Å². The highest BCUT2D eigenvalue weighted by molar-refractivity contribution is 5.45. The molecule has 0 spiro atoms. The van der Waals surface area contributed by atoms with E-state index in [1.165, 1.54) is 5.56 Å². The van der Waals surface area contributed by atoms with E-state index in [-0.39, 0.29) is 6.61 Å². The molecule has 7 nitrogen and oxygen atoms in total. The fourth-order valence-electron chi connectivity index (χ4n) is 2.80. The number of pyridine rings is 2. The summed E-state index contributed by atoms with van der Waals surface area (Å²) in [6, 6.07) is 7.87. The Morgan fingerprint density at radius 2 is 1.74 bits per heavy atom. The predicted molar refractivity (Wildman–Crippen MR) is 105 cm³/mol. The third-order valence-electron chi connectivity index (χ3n) is 4.04. The Balaban J connectivity index is 0.000000159. The molecular weight excluding hydrogens is 342 g/mol. The molecule has 0 atom stereocenters. The number of nitrogens with one attached hydrogen (secondary N) is 1. The number of hydrogen-bond acceptors (Lipinski definition) is 5. The number of nitrogens with zero attached hydrogens (tertiary/aromatic N) is 4. The van der Waals surface area contributed by atoms with Crippen molar-refractivity contribution in [2.75, 3.05) is 20.3 Å². The summed E-state index contributed by atoms with van der Waals surface area (Å²) in [5.74, 6) is 0.841. The standard InChI is InChI=1S/C11H15N3O.C9H10N2O/c1-9-7-14-8-10(6-12-4-5-15)2-3-11(14)13-9;1-7-6-11-4-3-8(12-2)5-9(11)10-7/h2-3,7-8,12,15H,4-6H2,1H3;3-6H,1-2H3. The van der Waals surface area contributed by atoms with Crippen molar-refractivity contribution in [2.24, 2.45) is 0 Å². The Bertz CT molecular complexity index is 1020. The maximum absolute atomic E-state index is 8.64. The van der Waals surface area contributed by atoms with Crippen LogP contribution >= 0.6 is 0 Å². The number of methoxy groups -OCH3 is 1. The van der Waals surface area contributed by atoms with E-state index in [1.807, 2.05) is 65.5 Å². The molecular formula is C20H25N5O2. The van der Waals surface area contributed by atoms with Crippen LogP contribution in [0.2, 0.25) is 0 Å². The lowest BCUT2D eigenvalue weighted by Gasteiger charge is -2.03. The molecule has 0 radical (unpaired) electrons. The second-order valence-electron chi connectivity index (χ2n) is 6.30. The number of rotatable bonds is 5. The van der Waals surface area contributed by atoms with Crippen LogP contribution in [-0.2, 0) is 6.54 Å². The molecule has 0 fully saturated rings. The van der Waals surface area contributed by atoms with Gasteiger partial charge in [-0.15, -0.1) is 0 Å². The Hall–Kier alpha value is -2.90. The molecule has 0 aliphatic rings. The van der Waals surface area contributed by atoms with Crippen LogP contribution in [0.5, 0.6) is 5.75 Å². The zero-order valence-corrected chi connectivity index (χ0v) is 15.9.